The highest BCUT2D eigenvalue weighted by molar-refractivity contribution is 5.24. The van der Waals surface area contributed by atoms with Crippen LogP contribution in [0.5, 0.6) is 0 Å². The Labute approximate surface area is 70.6 Å². The van der Waals surface area contributed by atoms with Crippen LogP contribution in [-0.4, -0.2) is 0 Å². The van der Waals surface area contributed by atoms with E-state index in [1.807, 2.05) is 24.3 Å². The van der Waals surface area contributed by atoms with Gasteiger partial charge in [0.2, 0.25) is 0 Å². The summed E-state index contributed by atoms with van der Waals surface area (Å²) in [5.41, 5.74) is 1.85. The molecular weight excluding hydrogens is 152 g/mol. The molecule has 0 aromatic heterocycles. The molecular formula is C9H8N2O. The Balaban J connectivity index is 2.72. The molecule has 0 heterocycles. The normalized spacial score (nSPS) is 8.92. The maximum absolute atomic E-state index is 9.88. The number of nitriles is 1. The Morgan fingerprint density at radius 3 is 2.33 bits per heavy atom. The molecule has 0 fully saturated rings. The molecule has 0 radical (unpaired) electrons. The Bertz CT molecular complexity index is 297. The molecule has 0 N–H and O–H groups in total. The van der Waals surface area contributed by atoms with Gasteiger partial charge in [0.25, 0.3) is 0 Å². The summed E-state index contributed by atoms with van der Waals surface area (Å²) in [7, 11) is 0. The standard InChI is InChI=1S/C9H8N2O/c10-6-5-8-1-3-9(4-2-8)7-11-12/h1-4H,5,7H2. The highest BCUT2D eigenvalue weighted by atomic mass is 16.3. The molecule has 60 valence electrons. The zero-order valence-electron chi connectivity index (χ0n) is 6.53. The maximum atomic E-state index is 9.88. The van der Waals surface area contributed by atoms with Crippen molar-refractivity contribution in [1.82, 2.24) is 0 Å². The molecule has 0 bridgehead atoms. The maximum Gasteiger partial charge on any atom is 0.106 e. The first-order chi connectivity index (χ1) is 5.86. The van der Waals surface area contributed by atoms with Crippen LogP contribution in [0, 0.1) is 16.2 Å². The number of rotatable bonds is 3. The van der Waals surface area contributed by atoms with E-state index in [4.69, 9.17) is 5.26 Å². The van der Waals surface area contributed by atoms with Crippen molar-refractivity contribution in [2.24, 2.45) is 5.18 Å². The Morgan fingerprint density at radius 2 is 1.83 bits per heavy atom. The van der Waals surface area contributed by atoms with E-state index in [1.54, 1.807) is 0 Å². The predicted molar refractivity (Wildman–Crippen MR) is 45.3 cm³/mol. The molecule has 12 heavy (non-hydrogen) atoms. The average Bonchev–Trinajstić information content (AvgIpc) is 2.09. The zero-order valence-corrected chi connectivity index (χ0v) is 6.53. The van der Waals surface area contributed by atoms with Crippen LogP contribution < -0.4 is 0 Å². The second-order valence-electron chi connectivity index (χ2n) is 2.44. The molecule has 1 aromatic carbocycles. The van der Waals surface area contributed by atoms with E-state index in [1.165, 1.54) is 0 Å². The van der Waals surface area contributed by atoms with Crippen LogP contribution in [0.25, 0.3) is 0 Å². The molecule has 0 amide bonds. The van der Waals surface area contributed by atoms with Crippen molar-refractivity contribution in [3.05, 3.63) is 40.3 Å². The van der Waals surface area contributed by atoms with Gasteiger partial charge in [-0.05, 0) is 11.1 Å². The van der Waals surface area contributed by atoms with Gasteiger partial charge in [-0.25, -0.2) is 0 Å². The number of nitroso groups, excluding NO2 is 1. The van der Waals surface area contributed by atoms with Gasteiger partial charge in [-0.15, -0.1) is 0 Å². The minimum absolute atomic E-state index is 0.201. The number of nitrogens with zero attached hydrogens (tertiary/aromatic N) is 2. The summed E-state index contributed by atoms with van der Waals surface area (Å²) in [6, 6.07) is 9.35. The summed E-state index contributed by atoms with van der Waals surface area (Å²) in [6.07, 6.45) is 0.412. The largest absolute Gasteiger partial charge is 0.198 e. The van der Waals surface area contributed by atoms with Crippen LogP contribution in [0.15, 0.2) is 29.4 Å². The van der Waals surface area contributed by atoms with Crippen LogP contribution in [-0.2, 0) is 13.0 Å². The molecule has 0 aliphatic carbocycles. The fraction of sp³-hybridized carbons (Fsp3) is 0.222. The fourth-order valence-corrected chi connectivity index (χ4v) is 0.928. The lowest BCUT2D eigenvalue weighted by Gasteiger charge is -1.95. The summed E-state index contributed by atoms with van der Waals surface area (Å²) in [5.74, 6) is 0. The third-order valence-electron chi connectivity index (χ3n) is 1.55. The van der Waals surface area contributed by atoms with E-state index in [-0.39, 0.29) is 6.54 Å². The van der Waals surface area contributed by atoms with E-state index in [0.29, 0.717) is 6.42 Å². The van der Waals surface area contributed by atoms with E-state index in [0.717, 1.165) is 11.1 Å². The summed E-state index contributed by atoms with van der Waals surface area (Å²) in [5, 5.41) is 11.1. The van der Waals surface area contributed by atoms with Crippen molar-refractivity contribution in [3.8, 4) is 6.07 Å². The fourth-order valence-electron chi connectivity index (χ4n) is 0.928. The first kappa shape index (κ1) is 8.41. The molecule has 0 spiro atoms. The Hall–Kier alpha value is -1.69. The minimum Gasteiger partial charge on any atom is -0.198 e. The number of hydrogen-bond donors (Lipinski definition) is 0. The first-order valence-corrected chi connectivity index (χ1v) is 3.60. The molecule has 1 rings (SSSR count). The zero-order chi connectivity index (χ0) is 8.81. The van der Waals surface area contributed by atoms with E-state index in [9.17, 15) is 4.91 Å². The van der Waals surface area contributed by atoms with E-state index >= 15 is 0 Å². The third-order valence-corrected chi connectivity index (χ3v) is 1.55. The van der Waals surface area contributed by atoms with E-state index in [2.05, 4.69) is 11.2 Å². The first-order valence-electron chi connectivity index (χ1n) is 3.60. The second-order valence-corrected chi connectivity index (χ2v) is 2.44. The molecule has 0 aliphatic heterocycles. The van der Waals surface area contributed by atoms with Crippen LogP contribution in [0.2, 0.25) is 0 Å². The van der Waals surface area contributed by atoms with Crippen LogP contribution in [0.1, 0.15) is 11.1 Å². The van der Waals surface area contributed by atoms with Crippen LogP contribution in [0.4, 0.5) is 0 Å². The minimum atomic E-state index is 0.201. The van der Waals surface area contributed by atoms with Crippen molar-refractivity contribution in [1.29, 1.82) is 5.26 Å². The van der Waals surface area contributed by atoms with Gasteiger partial charge in [0.15, 0.2) is 0 Å². The third kappa shape index (κ3) is 2.17. The molecule has 0 aliphatic rings. The monoisotopic (exact) mass is 160 g/mol. The van der Waals surface area contributed by atoms with Gasteiger partial charge in [0.05, 0.1) is 12.5 Å². The second kappa shape index (κ2) is 4.24. The molecule has 0 saturated carbocycles. The topological polar surface area (TPSA) is 53.2 Å². The lowest BCUT2D eigenvalue weighted by molar-refractivity contribution is 1.05. The van der Waals surface area contributed by atoms with Gasteiger partial charge in [0, 0.05) is 0 Å². The Morgan fingerprint density at radius 1 is 1.25 bits per heavy atom. The van der Waals surface area contributed by atoms with Gasteiger partial charge >= 0.3 is 0 Å². The Kier molecular flexibility index (Phi) is 2.97. The summed E-state index contributed by atoms with van der Waals surface area (Å²) < 4.78 is 0. The lowest BCUT2D eigenvalue weighted by Crippen LogP contribution is -1.83. The van der Waals surface area contributed by atoms with Crippen LogP contribution >= 0.6 is 0 Å². The highest BCUT2D eigenvalue weighted by Crippen LogP contribution is 2.05. The van der Waals surface area contributed by atoms with Crippen molar-refractivity contribution < 1.29 is 0 Å². The van der Waals surface area contributed by atoms with Gasteiger partial charge in [-0.2, -0.15) is 10.2 Å². The van der Waals surface area contributed by atoms with Crippen molar-refractivity contribution in [2.75, 3.05) is 0 Å². The molecule has 0 unspecified atom stereocenters. The highest BCUT2D eigenvalue weighted by Gasteiger charge is 1.93. The van der Waals surface area contributed by atoms with Crippen molar-refractivity contribution in [3.63, 3.8) is 0 Å². The predicted octanol–water partition coefficient (Wildman–Crippen LogP) is 2.02. The quantitative estimate of drug-likeness (QED) is 0.635. The van der Waals surface area contributed by atoms with Crippen molar-refractivity contribution in [2.45, 2.75) is 13.0 Å². The molecule has 0 atom stereocenters. The summed E-state index contributed by atoms with van der Waals surface area (Å²) in [6.45, 7) is 0.201. The average molecular weight is 160 g/mol. The summed E-state index contributed by atoms with van der Waals surface area (Å²) in [4.78, 5) is 9.88. The lowest BCUT2D eigenvalue weighted by atomic mass is 10.1. The SMILES string of the molecule is N#CCc1ccc(CN=O)cc1. The van der Waals surface area contributed by atoms with E-state index < -0.39 is 0 Å². The van der Waals surface area contributed by atoms with Crippen LogP contribution in [0.3, 0.4) is 0 Å². The van der Waals surface area contributed by atoms with Crippen molar-refractivity contribution >= 4 is 0 Å². The summed E-state index contributed by atoms with van der Waals surface area (Å²) >= 11 is 0. The smallest absolute Gasteiger partial charge is 0.106 e. The number of hydrogen-bond acceptors (Lipinski definition) is 3. The van der Waals surface area contributed by atoms with Gasteiger partial charge in [-0.1, -0.05) is 29.4 Å². The van der Waals surface area contributed by atoms with Gasteiger partial charge < -0.3 is 0 Å². The number of benzene rings is 1. The molecule has 1 aromatic rings. The van der Waals surface area contributed by atoms with Gasteiger partial charge in [-0.3, -0.25) is 0 Å². The molecule has 3 heteroatoms. The van der Waals surface area contributed by atoms with Gasteiger partial charge in [0.1, 0.15) is 6.54 Å². The molecule has 3 nitrogen and oxygen atoms in total. The molecule has 0 saturated heterocycles.